The lowest BCUT2D eigenvalue weighted by Gasteiger charge is -2.39. The van der Waals surface area contributed by atoms with Gasteiger partial charge in [-0.3, -0.25) is 0 Å². The van der Waals surface area contributed by atoms with Crippen LogP contribution in [0.25, 0.3) is 0 Å². The number of rotatable bonds is 4. The van der Waals surface area contributed by atoms with Crippen molar-refractivity contribution in [1.29, 1.82) is 0 Å². The summed E-state index contributed by atoms with van der Waals surface area (Å²) in [5, 5.41) is 8.69. The molecule has 1 unspecified atom stereocenters. The zero-order chi connectivity index (χ0) is 13.6. The van der Waals surface area contributed by atoms with E-state index in [1.165, 1.54) is 12.8 Å². The molecule has 0 aromatic rings. The van der Waals surface area contributed by atoms with Crippen LogP contribution in [-0.4, -0.2) is 24.3 Å². The largest absolute Gasteiger partial charge is 0.460 e. The second kappa shape index (κ2) is 4.37. The number of esters is 1. The van der Waals surface area contributed by atoms with E-state index in [9.17, 15) is 4.79 Å². The summed E-state index contributed by atoms with van der Waals surface area (Å²) in [7, 11) is 0. The first kappa shape index (κ1) is 13.6. The summed E-state index contributed by atoms with van der Waals surface area (Å²) >= 11 is 0. The highest BCUT2D eigenvalue weighted by atomic mass is 16.5. The molecule has 102 valence electrons. The van der Waals surface area contributed by atoms with Gasteiger partial charge in [0.15, 0.2) is 0 Å². The van der Waals surface area contributed by atoms with Crippen molar-refractivity contribution in [1.82, 2.24) is 0 Å². The van der Waals surface area contributed by atoms with E-state index >= 15 is 0 Å². The fraction of sp³-hybridized carbons (Fsp3) is 0.800. The summed E-state index contributed by atoms with van der Waals surface area (Å²) in [6, 6.07) is 0. The van der Waals surface area contributed by atoms with Crippen LogP contribution in [0.4, 0.5) is 0 Å². The molecule has 0 aromatic carbocycles. The third kappa shape index (κ3) is 1.71. The van der Waals surface area contributed by atoms with E-state index in [0.29, 0.717) is 11.5 Å². The molecule has 1 N–H and O–H groups in total. The SMILES string of the molecule is C=C(C(=O)OCCO)C1C[C@H]2CC[C@@]1(C)C2(C)C. The van der Waals surface area contributed by atoms with Crippen molar-refractivity contribution in [3.63, 3.8) is 0 Å². The molecule has 0 aliphatic heterocycles. The van der Waals surface area contributed by atoms with E-state index in [1.54, 1.807) is 0 Å². The molecule has 0 aromatic heterocycles. The minimum atomic E-state index is -0.335. The molecule has 0 saturated heterocycles. The predicted octanol–water partition coefficient (Wildman–Crippen LogP) is 2.54. The van der Waals surface area contributed by atoms with Gasteiger partial charge in [-0.15, -0.1) is 0 Å². The highest BCUT2D eigenvalue weighted by molar-refractivity contribution is 5.88. The topological polar surface area (TPSA) is 46.5 Å². The molecule has 0 radical (unpaired) electrons. The smallest absolute Gasteiger partial charge is 0.333 e. The first-order valence-electron chi connectivity index (χ1n) is 6.81. The van der Waals surface area contributed by atoms with Crippen LogP contribution in [0.5, 0.6) is 0 Å². The van der Waals surface area contributed by atoms with Crippen LogP contribution in [0.1, 0.15) is 40.0 Å². The zero-order valence-electron chi connectivity index (χ0n) is 11.7. The lowest BCUT2D eigenvalue weighted by atomic mass is 9.65. The molecular formula is C15H24O3. The summed E-state index contributed by atoms with van der Waals surface area (Å²) in [5.74, 6) is 0.589. The molecule has 2 rings (SSSR count). The molecule has 2 aliphatic rings. The van der Waals surface area contributed by atoms with Crippen LogP contribution in [0.15, 0.2) is 12.2 Å². The normalized spacial score (nSPS) is 36.7. The van der Waals surface area contributed by atoms with E-state index < -0.39 is 0 Å². The Morgan fingerprint density at radius 3 is 2.56 bits per heavy atom. The Labute approximate surface area is 109 Å². The molecule has 2 bridgehead atoms. The molecule has 3 nitrogen and oxygen atoms in total. The molecule has 2 saturated carbocycles. The molecular weight excluding hydrogens is 228 g/mol. The van der Waals surface area contributed by atoms with Gasteiger partial charge in [0.1, 0.15) is 6.61 Å². The number of hydrogen-bond acceptors (Lipinski definition) is 3. The minimum Gasteiger partial charge on any atom is -0.460 e. The molecule has 0 spiro atoms. The Hall–Kier alpha value is -0.830. The third-order valence-electron chi connectivity index (χ3n) is 5.80. The fourth-order valence-electron chi connectivity index (χ4n) is 4.10. The van der Waals surface area contributed by atoms with E-state index in [-0.39, 0.29) is 35.9 Å². The average molecular weight is 252 g/mol. The van der Waals surface area contributed by atoms with Gasteiger partial charge in [0.05, 0.1) is 6.61 Å². The van der Waals surface area contributed by atoms with Crippen LogP contribution < -0.4 is 0 Å². The van der Waals surface area contributed by atoms with Gasteiger partial charge in [-0.2, -0.15) is 0 Å². The molecule has 2 fully saturated rings. The van der Waals surface area contributed by atoms with Gasteiger partial charge in [0, 0.05) is 5.57 Å². The van der Waals surface area contributed by atoms with Crippen LogP contribution in [0.3, 0.4) is 0 Å². The molecule has 0 amide bonds. The van der Waals surface area contributed by atoms with Crippen molar-refractivity contribution in [3.05, 3.63) is 12.2 Å². The van der Waals surface area contributed by atoms with Gasteiger partial charge in [-0.1, -0.05) is 27.4 Å². The lowest BCUT2D eigenvalue weighted by Crippen LogP contribution is -2.34. The van der Waals surface area contributed by atoms with E-state index in [0.717, 1.165) is 6.42 Å². The minimum absolute atomic E-state index is 0.0636. The second-order valence-electron chi connectivity index (χ2n) is 6.55. The van der Waals surface area contributed by atoms with E-state index in [1.807, 2.05) is 0 Å². The van der Waals surface area contributed by atoms with Gasteiger partial charge >= 0.3 is 5.97 Å². The first-order valence-corrected chi connectivity index (χ1v) is 6.81. The Morgan fingerprint density at radius 2 is 2.11 bits per heavy atom. The molecule has 2 aliphatic carbocycles. The summed E-state index contributed by atoms with van der Waals surface area (Å²) < 4.78 is 5.00. The van der Waals surface area contributed by atoms with Crippen LogP contribution >= 0.6 is 0 Å². The van der Waals surface area contributed by atoms with Crippen molar-refractivity contribution in [2.75, 3.05) is 13.2 Å². The monoisotopic (exact) mass is 252 g/mol. The first-order chi connectivity index (χ1) is 8.34. The molecule has 3 heteroatoms. The van der Waals surface area contributed by atoms with Crippen molar-refractivity contribution in [2.24, 2.45) is 22.7 Å². The number of aliphatic hydroxyl groups excluding tert-OH is 1. The average Bonchev–Trinajstić information content (AvgIpc) is 2.67. The van der Waals surface area contributed by atoms with Gasteiger partial charge in [-0.05, 0) is 41.9 Å². The zero-order valence-corrected chi connectivity index (χ0v) is 11.7. The summed E-state index contributed by atoms with van der Waals surface area (Å²) in [6.07, 6.45) is 3.48. The Balaban J connectivity index is 2.12. The van der Waals surface area contributed by atoms with E-state index in [4.69, 9.17) is 9.84 Å². The number of carbonyl (C=O) groups excluding carboxylic acids is 1. The van der Waals surface area contributed by atoms with Gasteiger partial charge in [0.25, 0.3) is 0 Å². The standard InChI is InChI=1S/C15H24O3/c1-10(13(17)18-8-7-16)12-9-11-5-6-15(12,4)14(11,2)3/h11-12,16H,1,5-9H2,2-4H3/t11-,12?,15-/m1/s1. The number of aliphatic hydroxyl groups is 1. The third-order valence-corrected chi connectivity index (χ3v) is 5.80. The quantitative estimate of drug-likeness (QED) is 0.618. The molecule has 3 atom stereocenters. The molecule has 0 heterocycles. The maximum atomic E-state index is 11.9. The summed E-state index contributed by atoms with van der Waals surface area (Å²) in [5.41, 5.74) is 1.03. The fourth-order valence-corrected chi connectivity index (χ4v) is 4.10. The van der Waals surface area contributed by atoms with Crippen molar-refractivity contribution < 1.29 is 14.6 Å². The van der Waals surface area contributed by atoms with Crippen molar-refractivity contribution in [3.8, 4) is 0 Å². The van der Waals surface area contributed by atoms with Crippen LogP contribution in [0, 0.1) is 22.7 Å². The van der Waals surface area contributed by atoms with Crippen molar-refractivity contribution >= 4 is 5.97 Å². The Morgan fingerprint density at radius 1 is 1.44 bits per heavy atom. The number of ether oxygens (including phenoxy) is 1. The Kier molecular flexibility index (Phi) is 3.30. The van der Waals surface area contributed by atoms with E-state index in [2.05, 4.69) is 27.4 Å². The molecule has 18 heavy (non-hydrogen) atoms. The highest BCUT2D eigenvalue weighted by Crippen LogP contribution is 2.69. The van der Waals surface area contributed by atoms with Crippen LogP contribution in [-0.2, 0) is 9.53 Å². The number of carbonyl (C=O) groups is 1. The number of hydrogen-bond donors (Lipinski definition) is 1. The summed E-state index contributed by atoms with van der Waals surface area (Å²) in [4.78, 5) is 11.9. The maximum Gasteiger partial charge on any atom is 0.333 e. The van der Waals surface area contributed by atoms with Gasteiger partial charge in [-0.25, -0.2) is 4.79 Å². The van der Waals surface area contributed by atoms with Crippen molar-refractivity contribution in [2.45, 2.75) is 40.0 Å². The van der Waals surface area contributed by atoms with Gasteiger partial charge < -0.3 is 9.84 Å². The number of fused-ring (bicyclic) bond motifs is 2. The maximum absolute atomic E-state index is 11.9. The summed E-state index contributed by atoms with van der Waals surface area (Å²) in [6.45, 7) is 10.8. The van der Waals surface area contributed by atoms with Gasteiger partial charge in [0.2, 0.25) is 0 Å². The second-order valence-corrected chi connectivity index (χ2v) is 6.55. The van der Waals surface area contributed by atoms with Crippen LogP contribution in [0.2, 0.25) is 0 Å². The highest BCUT2D eigenvalue weighted by Gasteiger charge is 2.62. The Bertz CT molecular complexity index is 372. The lowest BCUT2D eigenvalue weighted by molar-refractivity contribution is -0.141. The predicted molar refractivity (Wildman–Crippen MR) is 69.9 cm³/mol.